The van der Waals surface area contributed by atoms with Gasteiger partial charge in [-0.1, -0.05) is 43.6 Å². The summed E-state index contributed by atoms with van der Waals surface area (Å²) in [7, 11) is 1.48. The number of nitrogens with zero attached hydrogens (tertiary/aromatic N) is 1. The normalized spacial score (nSPS) is 14.2. The fourth-order valence-electron chi connectivity index (χ4n) is 3.22. The van der Waals surface area contributed by atoms with Crippen LogP contribution in [-0.2, 0) is 11.8 Å². The number of hydrogen-bond donors (Lipinski definition) is 1. The molecule has 0 aromatic heterocycles. The molecule has 0 aliphatic rings. The van der Waals surface area contributed by atoms with Crippen molar-refractivity contribution < 1.29 is 23.0 Å². The van der Waals surface area contributed by atoms with E-state index < -0.39 is 30.0 Å². The summed E-state index contributed by atoms with van der Waals surface area (Å²) in [5.74, 6) is 0.524. The summed E-state index contributed by atoms with van der Waals surface area (Å²) in [4.78, 5) is 0. The molecule has 0 saturated carbocycles. The molecule has 1 atom stereocenters. The van der Waals surface area contributed by atoms with Crippen molar-refractivity contribution in [3.8, 4) is 11.8 Å². The van der Waals surface area contributed by atoms with Gasteiger partial charge in [-0.05, 0) is 47.2 Å². The average molecular weight is 412 g/mol. The fraction of sp³-hybridized carbons (Fsp3) is 0.381. The first kappa shape index (κ1) is 22.1. The molecule has 0 heterocycles. The molecule has 28 heavy (non-hydrogen) atoms. The number of benzene rings is 2. The smallest absolute Gasteiger partial charge is 0.417 e. The monoisotopic (exact) mass is 411 g/mol. The van der Waals surface area contributed by atoms with Gasteiger partial charge < -0.3 is 9.84 Å². The number of rotatable bonds is 6. The Morgan fingerprint density at radius 3 is 2.36 bits per heavy atom. The van der Waals surface area contributed by atoms with E-state index in [1.807, 2.05) is 6.07 Å². The highest BCUT2D eigenvalue weighted by Crippen LogP contribution is 2.44. The molecule has 0 aliphatic heterocycles. The van der Waals surface area contributed by atoms with Crippen LogP contribution in [0.2, 0.25) is 5.02 Å². The van der Waals surface area contributed by atoms with E-state index in [2.05, 4.69) is 0 Å². The Kier molecular flexibility index (Phi) is 6.32. The molecule has 3 nitrogen and oxygen atoms in total. The van der Waals surface area contributed by atoms with Crippen LogP contribution in [-0.4, -0.2) is 24.0 Å². The third kappa shape index (κ3) is 4.78. The molecule has 0 fully saturated rings. The summed E-state index contributed by atoms with van der Waals surface area (Å²) < 4.78 is 46.8. The summed E-state index contributed by atoms with van der Waals surface area (Å²) in [6.07, 6.45) is -6.16. The van der Waals surface area contributed by atoms with Crippen LogP contribution in [0.4, 0.5) is 13.2 Å². The van der Waals surface area contributed by atoms with Gasteiger partial charge in [0, 0.05) is 11.4 Å². The Morgan fingerprint density at radius 1 is 1.14 bits per heavy atom. The molecule has 1 unspecified atom stereocenters. The lowest BCUT2D eigenvalue weighted by Crippen LogP contribution is -2.50. The standard InChI is InChI=1S/C21H21ClF3NO2/c1-19(2,16-5-4-6-17(10-16)28-3)13-20(27,21(23,24)25)11-15-8-7-14(12-26)9-18(15)22/h4-10,27H,11,13H2,1-3H3. The van der Waals surface area contributed by atoms with Crippen LogP contribution >= 0.6 is 11.6 Å². The molecule has 0 amide bonds. The van der Waals surface area contributed by atoms with Gasteiger partial charge in [0.05, 0.1) is 18.7 Å². The molecule has 0 aliphatic carbocycles. The molecule has 1 N–H and O–H groups in total. The number of halogens is 4. The third-order valence-electron chi connectivity index (χ3n) is 4.78. The topological polar surface area (TPSA) is 53.2 Å². The van der Waals surface area contributed by atoms with Crippen LogP contribution in [0.3, 0.4) is 0 Å². The van der Waals surface area contributed by atoms with Gasteiger partial charge in [0.15, 0.2) is 5.60 Å². The first-order valence-corrected chi connectivity index (χ1v) is 8.92. The molecule has 2 aromatic carbocycles. The molecular weight excluding hydrogens is 391 g/mol. The molecule has 0 spiro atoms. The fourth-order valence-corrected chi connectivity index (χ4v) is 3.46. The minimum atomic E-state index is -4.87. The van der Waals surface area contributed by atoms with Crippen LogP contribution in [0.15, 0.2) is 42.5 Å². The highest BCUT2D eigenvalue weighted by Gasteiger charge is 2.55. The minimum Gasteiger partial charge on any atom is -0.497 e. The van der Waals surface area contributed by atoms with Crippen molar-refractivity contribution in [2.45, 2.75) is 43.9 Å². The van der Waals surface area contributed by atoms with E-state index in [4.69, 9.17) is 21.6 Å². The largest absolute Gasteiger partial charge is 0.497 e. The maximum atomic E-state index is 13.9. The van der Waals surface area contributed by atoms with Crippen molar-refractivity contribution >= 4 is 11.6 Å². The van der Waals surface area contributed by atoms with E-state index in [1.54, 1.807) is 38.1 Å². The van der Waals surface area contributed by atoms with Gasteiger partial charge in [0.25, 0.3) is 0 Å². The van der Waals surface area contributed by atoms with Crippen molar-refractivity contribution in [1.82, 2.24) is 0 Å². The SMILES string of the molecule is COc1cccc(C(C)(C)CC(O)(Cc2ccc(C#N)cc2Cl)C(F)(F)F)c1. The second-order valence-corrected chi connectivity index (χ2v) is 7.82. The Labute approximate surface area is 167 Å². The number of alkyl halides is 3. The summed E-state index contributed by atoms with van der Waals surface area (Å²) in [5.41, 5.74) is -3.03. The molecule has 0 saturated heterocycles. The minimum absolute atomic E-state index is 0.0147. The molecule has 2 aromatic rings. The number of hydrogen-bond acceptors (Lipinski definition) is 3. The maximum Gasteiger partial charge on any atom is 0.417 e. The van der Waals surface area contributed by atoms with E-state index in [0.29, 0.717) is 11.3 Å². The Hall–Kier alpha value is -2.23. The zero-order valence-electron chi connectivity index (χ0n) is 15.8. The van der Waals surface area contributed by atoms with E-state index in [0.717, 1.165) is 0 Å². The van der Waals surface area contributed by atoms with Gasteiger partial charge >= 0.3 is 6.18 Å². The summed E-state index contributed by atoms with van der Waals surface area (Å²) >= 11 is 6.05. The van der Waals surface area contributed by atoms with E-state index >= 15 is 0 Å². The van der Waals surface area contributed by atoms with Crippen molar-refractivity contribution in [1.29, 1.82) is 5.26 Å². The number of methoxy groups -OCH3 is 1. The van der Waals surface area contributed by atoms with Crippen LogP contribution < -0.4 is 4.74 Å². The Balaban J connectivity index is 2.41. The molecule has 7 heteroatoms. The van der Waals surface area contributed by atoms with Crippen molar-refractivity contribution in [3.63, 3.8) is 0 Å². The second kappa shape index (κ2) is 8.02. The number of nitriles is 1. The predicted molar refractivity (Wildman–Crippen MR) is 102 cm³/mol. The summed E-state index contributed by atoms with van der Waals surface area (Å²) in [6.45, 7) is 3.28. The van der Waals surface area contributed by atoms with Crippen LogP contribution in [0.5, 0.6) is 5.75 Å². The average Bonchev–Trinajstić information content (AvgIpc) is 2.62. The first-order chi connectivity index (χ1) is 12.9. The van der Waals surface area contributed by atoms with Crippen molar-refractivity contribution in [3.05, 3.63) is 64.2 Å². The second-order valence-electron chi connectivity index (χ2n) is 7.42. The molecule has 0 radical (unpaired) electrons. The molecule has 0 bridgehead atoms. The van der Waals surface area contributed by atoms with Crippen molar-refractivity contribution in [2.75, 3.05) is 7.11 Å². The highest BCUT2D eigenvalue weighted by molar-refractivity contribution is 6.31. The van der Waals surface area contributed by atoms with Crippen molar-refractivity contribution in [2.24, 2.45) is 0 Å². The number of aliphatic hydroxyl groups is 1. The lowest BCUT2D eigenvalue weighted by Gasteiger charge is -2.38. The van der Waals surface area contributed by atoms with E-state index in [9.17, 15) is 18.3 Å². The van der Waals surface area contributed by atoms with Gasteiger partial charge in [0.2, 0.25) is 0 Å². The quantitative estimate of drug-likeness (QED) is 0.690. The lowest BCUT2D eigenvalue weighted by molar-refractivity contribution is -0.266. The zero-order chi connectivity index (χ0) is 21.2. The van der Waals surface area contributed by atoms with Crippen LogP contribution in [0.25, 0.3) is 0 Å². The molecule has 150 valence electrons. The van der Waals surface area contributed by atoms with Crippen LogP contribution in [0.1, 0.15) is 37.0 Å². The third-order valence-corrected chi connectivity index (χ3v) is 5.13. The van der Waals surface area contributed by atoms with Gasteiger partial charge in [-0.15, -0.1) is 0 Å². The van der Waals surface area contributed by atoms with Gasteiger partial charge in [-0.3, -0.25) is 0 Å². The highest BCUT2D eigenvalue weighted by atomic mass is 35.5. The Morgan fingerprint density at radius 2 is 1.82 bits per heavy atom. The predicted octanol–water partition coefficient (Wildman–Crippen LogP) is 5.42. The van der Waals surface area contributed by atoms with Crippen LogP contribution in [0, 0.1) is 11.3 Å². The Bertz CT molecular complexity index is 890. The molecular formula is C21H21ClF3NO2. The summed E-state index contributed by atoms with van der Waals surface area (Å²) in [6, 6.07) is 12.6. The van der Waals surface area contributed by atoms with Gasteiger partial charge in [-0.25, -0.2) is 0 Å². The van der Waals surface area contributed by atoms with Gasteiger partial charge in [-0.2, -0.15) is 18.4 Å². The molecule has 2 rings (SSSR count). The van der Waals surface area contributed by atoms with Gasteiger partial charge in [0.1, 0.15) is 5.75 Å². The maximum absolute atomic E-state index is 13.9. The number of ether oxygens (including phenoxy) is 1. The van der Waals surface area contributed by atoms with E-state index in [-0.39, 0.29) is 16.1 Å². The lowest BCUT2D eigenvalue weighted by atomic mass is 9.73. The van der Waals surface area contributed by atoms with E-state index in [1.165, 1.54) is 25.3 Å². The zero-order valence-corrected chi connectivity index (χ0v) is 16.5. The first-order valence-electron chi connectivity index (χ1n) is 8.54. The summed E-state index contributed by atoms with van der Waals surface area (Å²) in [5, 5.41) is 19.6.